The Labute approximate surface area is 69.9 Å². The van der Waals surface area contributed by atoms with E-state index in [0.29, 0.717) is 6.04 Å². The summed E-state index contributed by atoms with van der Waals surface area (Å²) in [6.45, 7) is 3.84. The molecule has 0 amide bonds. The molecule has 1 atom stereocenters. The standard InChI is InChI=1S/C10H19N/c1-3-10(11-2)9-7-5-4-6-8-9/h3,9-11H,1,4-8H2,2H3/t10-/m1/s1. The lowest BCUT2D eigenvalue weighted by atomic mass is 9.84. The maximum atomic E-state index is 3.84. The summed E-state index contributed by atoms with van der Waals surface area (Å²) in [5.74, 6) is 0.853. The highest BCUT2D eigenvalue weighted by Crippen LogP contribution is 2.26. The van der Waals surface area contributed by atoms with Crippen LogP contribution in [-0.4, -0.2) is 13.1 Å². The molecule has 0 saturated heterocycles. The summed E-state index contributed by atoms with van der Waals surface area (Å²) in [5, 5.41) is 3.30. The summed E-state index contributed by atoms with van der Waals surface area (Å²) in [6, 6.07) is 0.551. The molecule has 1 rings (SSSR count). The fraction of sp³-hybridized carbons (Fsp3) is 0.800. The van der Waals surface area contributed by atoms with E-state index < -0.39 is 0 Å². The van der Waals surface area contributed by atoms with Crippen molar-refractivity contribution < 1.29 is 0 Å². The number of hydrogen-bond acceptors (Lipinski definition) is 1. The third-order valence-electron chi connectivity index (χ3n) is 2.74. The third-order valence-corrected chi connectivity index (χ3v) is 2.74. The van der Waals surface area contributed by atoms with E-state index in [9.17, 15) is 0 Å². The molecule has 0 heterocycles. The molecule has 1 aliphatic rings. The number of likely N-dealkylation sites (N-methyl/N-ethyl adjacent to an activating group) is 1. The van der Waals surface area contributed by atoms with Crippen molar-refractivity contribution in [3.05, 3.63) is 12.7 Å². The van der Waals surface area contributed by atoms with E-state index in [0.717, 1.165) is 5.92 Å². The predicted octanol–water partition coefficient (Wildman–Crippen LogP) is 2.34. The highest BCUT2D eigenvalue weighted by molar-refractivity contribution is 4.91. The van der Waals surface area contributed by atoms with E-state index in [2.05, 4.69) is 18.0 Å². The monoisotopic (exact) mass is 153 g/mol. The highest BCUT2D eigenvalue weighted by atomic mass is 14.9. The molecule has 1 saturated carbocycles. The second-order valence-corrected chi connectivity index (χ2v) is 3.45. The first kappa shape index (κ1) is 8.79. The molecule has 0 aromatic rings. The van der Waals surface area contributed by atoms with Crippen LogP contribution in [0, 0.1) is 5.92 Å². The maximum Gasteiger partial charge on any atom is 0.0272 e. The molecule has 64 valence electrons. The second-order valence-electron chi connectivity index (χ2n) is 3.45. The van der Waals surface area contributed by atoms with Gasteiger partial charge in [0.15, 0.2) is 0 Å². The first-order valence-electron chi connectivity index (χ1n) is 4.68. The van der Waals surface area contributed by atoms with Gasteiger partial charge in [0.25, 0.3) is 0 Å². The Kier molecular flexibility index (Phi) is 3.64. The molecular formula is C10H19N. The van der Waals surface area contributed by atoms with Crippen molar-refractivity contribution in [3.63, 3.8) is 0 Å². The molecule has 0 aliphatic heterocycles. The zero-order valence-electron chi connectivity index (χ0n) is 7.47. The minimum atomic E-state index is 0.551. The van der Waals surface area contributed by atoms with E-state index in [1.165, 1.54) is 32.1 Å². The smallest absolute Gasteiger partial charge is 0.0272 e. The Morgan fingerprint density at radius 2 is 2.00 bits per heavy atom. The van der Waals surface area contributed by atoms with Crippen LogP contribution in [-0.2, 0) is 0 Å². The van der Waals surface area contributed by atoms with Crippen LogP contribution >= 0.6 is 0 Å². The summed E-state index contributed by atoms with van der Waals surface area (Å²) in [5.41, 5.74) is 0. The Hall–Kier alpha value is -0.300. The third kappa shape index (κ3) is 2.33. The van der Waals surface area contributed by atoms with Gasteiger partial charge in [0.1, 0.15) is 0 Å². The van der Waals surface area contributed by atoms with Crippen LogP contribution in [0.15, 0.2) is 12.7 Å². The van der Waals surface area contributed by atoms with Gasteiger partial charge in [-0.1, -0.05) is 25.3 Å². The van der Waals surface area contributed by atoms with Crippen LogP contribution in [0.3, 0.4) is 0 Å². The summed E-state index contributed by atoms with van der Waals surface area (Å²) >= 11 is 0. The molecule has 1 heteroatoms. The SMILES string of the molecule is C=C[C@@H](NC)C1CCCCC1. The Morgan fingerprint density at radius 1 is 1.36 bits per heavy atom. The van der Waals surface area contributed by atoms with Crippen molar-refractivity contribution in [3.8, 4) is 0 Å². The molecule has 0 unspecified atom stereocenters. The number of rotatable bonds is 3. The van der Waals surface area contributed by atoms with Crippen molar-refractivity contribution in [2.45, 2.75) is 38.1 Å². The van der Waals surface area contributed by atoms with Crippen molar-refractivity contribution in [2.75, 3.05) is 7.05 Å². The molecule has 0 radical (unpaired) electrons. The maximum absolute atomic E-state index is 3.84. The van der Waals surface area contributed by atoms with Crippen LogP contribution in [0.5, 0.6) is 0 Å². The van der Waals surface area contributed by atoms with Crippen molar-refractivity contribution in [1.29, 1.82) is 0 Å². The molecule has 0 spiro atoms. The Bertz CT molecular complexity index is 114. The molecule has 0 bridgehead atoms. The quantitative estimate of drug-likeness (QED) is 0.614. The van der Waals surface area contributed by atoms with Gasteiger partial charge in [-0.15, -0.1) is 6.58 Å². The Balaban J connectivity index is 2.35. The fourth-order valence-corrected chi connectivity index (χ4v) is 2.04. The molecule has 11 heavy (non-hydrogen) atoms. The molecule has 1 aliphatic carbocycles. The first-order valence-corrected chi connectivity index (χ1v) is 4.68. The molecular weight excluding hydrogens is 134 g/mol. The van der Waals surface area contributed by atoms with Crippen LogP contribution < -0.4 is 5.32 Å². The molecule has 0 aromatic carbocycles. The van der Waals surface area contributed by atoms with Gasteiger partial charge in [-0.3, -0.25) is 0 Å². The summed E-state index contributed by atoms with van der Waals surface area (Å²) in [6.07, 6.45) is 9.09. The summed E-state index contributed by atoms with van der Waals surface area (Å²) < 4.78 is 0. The minimum Gasteiger partial charge on any atom is -0.313 e. The average Bonchev–Trinajstić information content (AvgIpc) is 2.09. The molecule has 1 nitrogen and oxygen atoms in total. The lowest BCUT2D eigenvalue weighted by molar-refractivity contribution is 0.310. The van der Waals surface area contributed by atoms with Gasteiger partial charge in [0.2, 0.25) is 0 Å². The largest absolute Gasteiger partial charge is 0.313 e. The van der Waals surface area contributed by atoms with Crippen LogP contribution in [0.4, 0.5) is 0 Å². The Morgan fingerprint density at radius 3 is 2.45 bits per heavy atom. The van der Waals surface area contributed by atoms with Gasteiger partial charge in [0, 0.05) is 6.04 Å². The normalized spacial score (nSPS) is 23.0. The molecule has 1 N–H and O–H groups in total. The first-order chi connectivity index (χ1) is 5.38. The van der Waals surface area contributed by atoms with E-state index in [1.807, 2.05) is 7.05 Å². The van der Waals surface area contributed by atoms with Crippen LogP contribution in [0.2, 0.25) is 0 Å². The van der Waals surface area contributed by atoms with Crippen molar-refractivity contribution in [2.24, 2.45) is 5.92 Å². The van der Waals surface area contributed by atoms with Gasteiger partial charge in [0.05, 0.1) is 0 Å². The van der Waals surface area contributed by atoms with Crippen LogP contribution in [0.1, 0.15) is 32.1 Å². The minimum absolute atomic E-state index is 0.551. The average molecular weight is 153 g/mol. The lowest BCUT2D eigenvalue weighted by Gasteiger charge is -2.27. The summed E-state index contributed by atoms with van der Waals surface area (Å²) in [7, 11) is 2.03. The van der Waals surface area contributed by atoms with E-state index in [1.54, 1.807) is 0 Å². The fourth-order valence-electron chi connectivity index (χ4n) is 2.04. The van der Waals surface area contributed by atoms with E-state index in [-0.39, 0.29) is 0 Å². The van der Waals surface area contributed by atoms with Gasteiger partial charge >= 0.3 is 0 Å². The number of nitrogens with one attached hydrogen (secondary N) is 1. The lowest BCUT2D eigenvalue weighted by Crippen LogP contribution is -2.32. The molecule has 0 aromatic heterocycles. The van der Waals surface area contributed by atoms with E-state index >= 15 is 0 Å². The van der Waals surface area contributed by atoms with Crippen LogP contribution in [0.25, 0.3) is 0 Å². The van der Waals surface area contributed by atoms with Gasteiger partial charge < -0.3 is 5.32 Å². The second kappa shape index (κ2) is 4.55. The van der Waals surface area contributed by atoms with Crippen molar-refractivity contribution in [1.82, 2.24) is 5.32 Å². The predicted molar refractivity (Wildman–Crippen MR) is 49.6 cm³/mol. The van der Waals surface area contributed by atoms with Gasteiger partial charge in [-0.2, -0.15) is 0 Å². The zero-order chi connectivity index (χ0) is 8.10. The zero-order valence-corrected chi connectivity index (χ0v) is 7.47. The van der Waals surface area contributed by atoms with Crippen molar-refractivity contribution >= 4 is 0 Å². The van der Waals surface area contributed by atoms with E-state index in [4.69, 9.17) is 0 Å². The van der Waals surface area contributed by atoms with Gasteiger partial charge in [-0.05, 0) is 25.8 Å². The van der Waals surface area contributed by atoms with Gasteiger partial charge in [-0.25, -0.2) is 0 Å². The topological polar surface area (TPSA) is 12.0 Å². The summed E-state index contributed by atoms with van der Waals surface area (Å²) in [4.78, 5) is 0. The highest BCUT2D eigenvalue weighted by Gasteiger charge is 2.19. The molecule has 1 fully saturated rings. The number of hydrogen-bond donors (Lipinski definition) is 1.